The Hall–Kier alpha value is 0.0800. The lowest BCUT2D eigenvalue weighted by Gasteiger charge is -2.09. The predicted molar refractivity (Wildman–Crippen MR) is 57.3 cm³/mol. The average molecular weight is 245 g/mol. The van der Waals surface area contributed by atoms with Crippen LogP contribution in [0.15, 0.2) is 11.6 Å². The fourth-order valence-electron chi connectivity index (χ4n) is 0.563. The SMILES string of the molecule is CC/C(C)=C\CNC(=O)C(Cl)(Cl)Cl. The van der Waals surface area contributed by atoms with Gasteiger partial charge in [0.25, 0.3) is 9.70 Å². The predicted octanol–water partition coefficient (Wildman–Crippen LogP) is 2.83. The van der Waals surface area contributed by atoms with Crippen molar-refractivity contribution in [3.63, 3.8) is 0 Å². The Morgan fingerprint density at radius 3 is 2.38 bits per heavy atom. The summed E-state index contributed by atoms with van der Waals surface area (Å²) in [6, 6.07) is 0. The summed E-state index contributed by atoms with van der Waals surface area (Å²) in [4.78, 5) is 11.0. The fraction of sp³-hybridized carbons (Fsp3) is 0.625. The highest BCUT2D eigenvalue weighted by atomic mass is 35.6. The lowest BCUT2D eigenvalue weighted by molar-refractivity contribution is -0.120. The molecule has 0 aliphatic carbocycles. The number of hydrogen-bond acceptors (Lipinski definition) is 1. The zero-order valence-corrected chi connectivity index (χ0v) is 9.80. The first-order chi connectivity index (χ1) is 5.88. The average Bonchev–Trinajstić information content (AvgIpc) is 2.02. The number of alkyl halides is 3. The largest absolute Gasteiger partial charge is 0.349 e. The van der Waals surface area contributed by atoms with Gasteiger partial charge in [-0.05, 0) is 13.3 Å². The van der Waals surface area contributed by atoms with Gasteiger partial charge >= 0.3 is 0 Å². The summed E-state index contributed by atoms with van der Waals surface area (Å²) in [5, 5.41) is 2.48. The molecule has 0 aromatic rings. The van der Waals surface area contributed by atoms with Crippen molar-refractivity contribution in [3.8, 4) is 0 Å². The first-order valence-corrected chi connectivity index (χ1v) is 5.02. The molecule has 1 amide bonds. The third-order valence-electron chi connectivity index (χ3n) is 1.53. The molecular weight excluding hydrogens is 232 g/mol. The number of rotatable bonds is 3. The number of carbonyl (C=O) groups is 1. The van der Waals surface area contributed by atoms with Crippen molar-refractivity contribution in [2.24, 2.45) is 0 Å². The summed E-state index contributed by atoms with van der Waals surface area (Å²) in [6.07, 6.45) is 2.83. The molecule has 0 aromatic carbocycles. The minimum atomic E-state index is -1.87. The standard InChI is InChI=1S/C8H12Cl3NO/c1-3-6(2)4-5-12-7(13)8(9,10)11/h4H,3,5H2,1-2H3,(H,12,13)/b6-4-. The summed E-state index contributed by atoms with van der Waals surface area (Å²) >= 11 is 16.0. The van der Waals surface area contributed by atoms with Crippen molar-refractivity contribution in [2.75, 3.05) is 6.54 Å². The van der Waals surface area contributed by atoms with E-state index in [4.69, 9.17) is 34.8 Å². The molecule has 0 radical (unpaired) electrons. The van der Waals surface area contributed by atoms with Crippen LogP contribution in [0, 0.1) is 0 Å². The van der Waals surface area contributed by atoms with Crippen molar-refractivity contribution >= 4 is 40.7 Å². The zero-order chi connectivity index (χ0) is 10.5. The van der Waals surface area contributed by atoms with Crippen LogP contribution in [0.2, 0.25) is 0 Å². The van der Waals surface area contributed by atoms with Gasteiger partial charge in [-0.1, -0.05) is 53.4 Å². The Kier molecular flexibility index (Phi) is 5.77. The van der Waals surface area contributed by atoms with E-state index < -0.39 is 9.70 Å². The van der Waals surface area contributed by atoms with Crippen LogP contribution in [0.1, 0.15) is 20.3 Å². The molecule has 2 nitrogen and oxygen atoms in total. The van der Waals surface area contributed by atoms with Gasteiger partial charge in [0, 0.05) is 6.54 Å². The van der Waals surface area contributed by atoms with Crippen LogP contribution in [-0.4, -0.2) is 16.2 Å². The molecular formula is C8H12Cl3NO. The molecule has 0 unspecified atom stereocenters. The molecule has 1 N–H and O–H groups in total. The molecule has 0 rings (SSSR count). The van der Waals surface area contributed by atoms with Gasteiger partial charge in [-0.25, -0.2) is 0 Å². The van der Waals surface area contributed by atoms with E-state index in [-0.39, 0.29) is 0 Å². The Balaban J connectivity index is 3.85. The van der Waals surface area contributed by atoms with Crippen LogP contribution >= 0.6 is 34.8 Å². The third kappa shape index (κ3) is 6.19. The minimum Gasteiger partial charge on any atom is -0.349 e. The van der Waals surface area contributed by atoms with E-state index in [1.54, 1.807) is 0 Å². The second kappa shape index (κ2) is 5.74. The molecule has 0 aliphatic heterocycles. The molecule has 5 heteroatoms. The lowest BCUT2D eigenvalue weighted by atomic mass is 10.2. The van der Waals surface area contributed by atoms with E-state index >= 15 is 0 Å². The van der Waals surface area contributed by atoms with Gasteiger partial charge in [0.2, 0.25) is 0 Å². The maximum absolute atomic E-state index is 11.0. The van der Waals surface area contributed by atoms with Crippen LogP contribution in [0.5, 0.6) is 0 Å². The Morgan fingerprint density at radius 1 is 1.46 bits per heavy atom. The smallest absolute Gasteiger partial charge is 0.272 e. The topological polar surface area (TPSA) is 29.1 Å². The summed E-state index contributed by atoms with van der Waals surface area (Å²) < 4.78 is -1.87. The number of halogens is 3. The Bertz CT molecular complexity index is 208. The monoisotopic (exact) mass is 243 g/mol. The molecule has 0 heterocycles. The summed E-state index contributed by atoms with van der Waals surface area (Å²) in [5.41, 5.74) is 1.18. The molecule has 76 valence electrons. The van der Waals surface area contributed by atoms with Crippen molar-refractivity contribution in [1.82, 2.24) is 5.32 Å². The van der Waals surface area contributed by atoms with E-state index in [2.05, 4.69) is 5.32 Å². The van der Waals surface area contributed by atoms with E-state index in [9.17, 15) is 4.79 Å². The normalized spacial score (nSPS) is 12.8. The van der Waals surface area contributed by atoms with Gasteiger partial charge in [0.1, 0.15) is 0 Å². The molecule has 0 saturated carbocycles. The Labute approximate surface area is 93.2 Å². The van der Waals surface area contributed by atoms with Gasteiger partial charge in [-0.3, -0.25) is 4.79 Å². The third-order valence-corrected chi connectivity index (χ3v) is 2.04. The van der Waals surface area contributed by atoms with E-state index in [1.807, 2.05) is 19.9 Å². The van der Waals surface area contributed by atoms with Crippen LogP contribution in [0.3, 0.4) is 0 Å². The van der Waals surface area contributed by atoms with Crippen LogP contribution < -0.4 is 5.32 Å². The van der Waals surface area contributed by atoms with E-state index in [1.165, 1.54) is 5.57 Å². The molecule has 13 heavy (non-hydrogen) atoms. The van der Waals surface area contributed by atoms with Crippen LogP contribution in [0.4, 0.5) is 0 Å². The highest BCUT2D eigenvalue weighted by Crippen LogP contribution is 2.25. The zero-order valence-electron chi connectivity index (χ0n) is 7.53. The van der Waals surface area contributed by atoms with Gasteiger partial charge < -0.3 is 5.32 Å². The van der Waals surface area contributed by atoms with Crippen LogP contribution in [-0.2, 0) is 4.79 Å². The number of nitrogens with one attached hydrogen (secondary N) is 1. The van der Waals surface area contributed by atoms with Gasteiger partial charge in [-0.15, -0.1) is 0 Å². The van der Waals surface area contributed by atoms with Gasteiger partial charge in [-0.2, -0.15) is 0 Å². The van der Waals surface area contributed by atoms with Gasteiger partial charge in [0.05, 0.1) is 0 Å². The van der Waals surface area contributed by atoms with Crippen molar-refractivity contribution in [3.05, 3.63) is 11.6 Å². The molecule has 0 atom stereocenters. The fourth-order valence-corrected chi connectivity index (χ4v) is 0.763. The quantitative estimate of drug-likeness (QED) is 0.600. The number of allylic oxidation sites excluding steroid dienone is 1. The van der Waals surface area contributed by atoms with E-state index in [0.29, 0.717) is 6.54 Å². The number of amides is 1. The second-order valence-electron chi connectivity index (χ2n) is 2.61. The summed E-state index contributed by atoms with van der Waals surface area (Å²) in [6.45, 7) is 4.40. The molecule has 0 aromatic heterocycles. The minimum absolute atomic E-state index is 0.395. The number of carbonyl (C=O) groups excluding carboxylic acids is 1. The van der Waals surface area contributed by atoms with Crippen LogP contribution in [0.25, 0.3) is 0 Å². The maximum Gasteiger partial charge on any atom is 0.272 e. The summed E-state index contributed by atoms with van der Waals surface area (Å²) in [7, 11) is 0. The second-order valence-corrected chi connectivity index (χ2v) is 4.89. The highest BCUT2D eigenvalue weighted by molar-refractivity contribution is 6.76. The summed E-state index contributed by atoms with van der Waals surface area (Å²) in [5.74, 6) is -0.599. The lowest BCUT2D eigenvalue weighted by Crippen LogP contribution is -2.34. The number of hydrogen-bond donors (Lipinski definition) is 1. The first kappa shape index (κ1) is 13.1. The van der Waals surface area contributed by atoms with Gasteiger partial charge in [0.15, 0.2) is 0 Å². The highest BCUT2D eigenvalue weighted by Gasteiger charge is 2.29. The molecule has 0 aliphatic rings. The molecule has 0 fully saturated rings. The molecule has 0 saturated heterocycles. The molecule has 0 spiro atoms. The van der Waals surface area contributed by atoms with Crippen molar-refractivity contribution in [2.45, 2.75) is 24.1 Å². The first-order valence-electron chi connectivity index (χ1n) is 3.88. The Morgan fingerprint density at radius 2 is 2.00 bits per heavy atom. The van der Waals surface area contributed by atoms with Crippen molar-refractivity contribution in [1.29, 1.82) is 0 Å². The molecule has 0 bridgehead atoms. The van der Waals surface area contributed by atoms with Crippen molar-refractivity contribution < 1.29 is 4.79 Å². The maximum atomic E-state index is 11.0. The van der Waals surface area contributed by atoms with E-state index in [0.717, 1.165) is 6.42 Å².